The minimum Gasteiger partial charge on any atom is -0.489 e. The number of nitriles is 1. The van der Waals surface area contributed by atoms with E-state index in [2.05, 4.69) is 9.97 Å². The molecule has 0 saturated heterocycles. The van der Waals surface area contributed by atoms with Crippen molar-refractivity contribution in [3.05, 3.63) is 75.0 Å². The third-order valence-corrected chi connectivity index (χ3v) is 4.63. The number of halogens is 1. The molecule has 5 nitrogen and oxygen atoms in total. The molecule has 0 saturated carbocycles. The third-order valence-electron chi connectivity index (χ3n) is 3.68. The first-order valence-electron chi connectivity index (χ1n) is 7.67. The summed E-state index contributed by atoms with van der Waals surface area (Å²) in [5.41, 5.74) is 1.48. The number of hydrogen-bond acceptors (Lipinski definition) is 5. The molecule has 0 aliphatic heterocycles. The van der Waals surface area contributed by atoms with Crippen molar-refractivity contribution in [2.45, 2.75) is 11.8 Å². The van der Waals surface area contributed by atoms with Crippen molar-refractivity contribution in [2.24, 2.45) is 0 Å². The van der Waals surface area contributed by atoms with Crippen molar-refractivity contribution in [3.63, 3.8) is 0 Å². The maximum atomic E-state index is 12.0. The van der Waals surface area contributed by atoms with Gasteiger partial charge in [0.05, 0.1) is 5.69 Å². The van der Waals surface area contributed by atoms with E-state index in [1.54, 1.807) is 30.5 Å². The van der Waals surface area contributed by atoms with Crippen molar-refractivity contribution in [3.8, 4) is 23.1 Å². The maximum Gasteiger partial charge on any atom is 0.270 e. The monoisotopic (exact) mass is 383 g/mol. The van der Waals surface area contributed by atoms with E-state index >= 15 is 0 Å². The highest BCUT2D eigenvalue weighted by molar-refractivity contribution is 7.98. The molecule has 1 heterocycles. The van der Waals surface area contributed by atoms with E-state index in [4.69, 9.17) is 16.3 Å². The molecule has 0 atom stereocenters. The lowest BCUT2D eigenvalue weighted by molar-refractivity contribution is 0.306. The van der Waals surface area contributed by atoms with E-state index < -0.39 is 5.56 Å². The second-order valence-corrected chi connectivity index (χ2v) is 6.52. The molecule has 1 N–H and O–H groups in total. The molecule has 0 amide bonds. The summed E-state index contributed by atoms with van der Waals surface area (Å²) < 4.78 is 5.75. The first-order chi connectivity index (χ1) is 12.6. The minimum atomic E-state index is -0.444. The Morgan fingerprint density at radius 3 is 2.62 bits per heavy atom. The van der Waals surface area contributed by atoms with E-state index in [1.165, 1.54) is 11.8 Å². The minimum absolute atomic E-state index is 0.00691. The van der Waals surface area contributed by atoms with Gasteiger partial charge in [0.2, 0.25) is 0 Å². The number of H-pyrrole nitrogens is 1. The fourth-order valence-electron chi connectivity index (χ4n) is 2.35. The van der Waals surface area contributed by atoms with Crippen LogP contribution in [-0.2, 0) is 6.61 Å². The SMILES string of the molecule is CSc1nc(-c2ccc(OCc3ccccc3Cl)cc2)c(C#N)c(=O)[nH]1. The number of rotatable bonds is 5. The van der Waals surface area contributed by atoms with Crippen molar-refractivity contribution >= 4 is 23.4 Å². The molecule has 0 aliphatic carbocycles. The Morgan fingerprint density at radius 2 is 1.96 bits per heavy atom. The van der Waals surface area contributed by atoms with Gasteiger partial charge < -0.3 is 9.72 Å². The molecule has 130 valence electrons. The largest absolute Gasteiger partial charge is 0.489 e. The van der Waals surface area contributed by atoms with Crippen LogP contribution < -0.4 is 10.3 Å². The highest BCUT2D eigenvalue weighted by Crippen LogP contribution is 2.25. The molecule has 0 aliphatic rings. The molecule has 3 rings (SSSR count). The Hall–Kier alpha value is -2.75. The summed E-state index contributed by atoms with van der Waals surface area (Å²) in [7, 11) is 0. The van der Waals surface area contributed by atoms with Crippen LogP contribution in [0.5, 0.6) is 5.75 Å². The molecule has 0 unspecified atom stereocenters. The van der Waals surface area contributed by atoms with Crippen LogP contribution in [0.3, 0.4) is 0 Å². The summed E-state index contributed by atoms with van der Waals surface area (Å²) in [4.78, 5) is 18.9. The van der Waals surface area contributed by atoms with E-state index in [0.29, 0.717) is 33.8 Å². The van der Waals surface area contributed by atoms with Crippen LogP contribution in [0.4, 0.5) is 0 Å². The molecule has 3 aromatic rings. The average Bonchev–Trinajstić information content (AvgIpc) is 2.67. The van der Waals surface area contributed by atoms with Gasteiger partial charge in [0, 0.05) is 16.1 Å². The third kappa shape index (κ3) is 3.90. The van der Waals surface area contributed by atoms with Crippen LogP contribution in [0.1, 0.15) is 11.1 Å². The zero-order valence-electron chi connectivity index (χ0n) is 13.8. The number of nitrogens with zero attached hydrogens (tertiary/aromatic N) is 2. The molecule has 2 aromatic carbocycles. The van der Waals surface area contributed by atoms with Crippen LogP contribution in [0, 0.1) is 11.3 Å². The summed E-state index contributed by atoms with van der Waals surface area (Å²) in [6.07, 6.45) is 1.81. The predicted molar refractivity (Wildman–Crippen MR) is 103 cm³/mol. The highest BCUT2D eigenvalue weighted by Gasteiger charge is 2.13. The van der Waals surface area contributed by atoms with Gasteiger partial charge in [0.15, 0.2) is 5.16 Å². The molecular weight excluding hydrogens is 370 g/mol. The Balaban J connectivity index is 1.84. The zero-order valence-corrected chi connectivity index (χ0v) is 15.4. The number of nitrogens with one attached hydrogen (secondary N) is 1. The van der Waals surface area contributed by atoms with Crippen LogP contribution in [-0.4, -0.2) is 16.2 Å². The van der Waals surface area contributed by atoms with Gasteiger partial charge in [0.25, 0.3) is 5.56 Å². The topological polar surface area (TPSA) is 78.8 Å². The lowest BCUT2D eigenvalue weighted by atomic mass is 10.1. The number of ether oxygens (including phenoxy) is 1. The first kappa shape index (κ1) is 18.1. The number of thioether (sulfide) groups is 1. The lowest BCUT2D eigenvalue weighted by Gasteiger charge is -2.09. The quantitative estimate of drug-likeness (QED) is 0.526. The van der Waals surface area contributed by atoms with E-state index in [-0.39, 0.29) is 5.56 Å². The summed E-state index contributed by atoms with van der Waals surface area (Å²) in [6, 6.07) is 16.5. The van der Waals surface area contributed by atoms with Gasteiger partial charge in [-0.05, 0) is 36.6 Å². The Kier molecular flexibility index (Phi) is 5.61. The Morgan fingerprint density at radius 1 is 1.23 bits per heavy atom. The van der Waals surface area contributed by atoms with Gasteiger partial charge in [-0.2, -0.15) is 5.26 Å². The van der Waals surface area contributed by atoms with E-state index in [1.807, 2.05) is 30.3 Å². The van der Waals surface area contributed by atoms with Crippen molar-refractivity contribution in [1.29, 1.82) is 5.26 Å². The smallest absolute Gasteiger partial charge is 0.270 e. The fourth-order valence-corrected chi connectivity index (χ4v) is 2.92. The van der Waals surface area contributed by atoms with Crippen molar-refractivity contribution in [1.82, 2.24) is 9.97 Å². The summed E-state index contributed by atoms with van der Waals surface area (Å²) in [5, 5.41) is 10.4. The van der Waals surface area contributed by atoms with Crippen molar-refractivity contribution in [2.75, 3.05) is 6.26 Å². The van der Waals surface area contributed by atoms with E-state index in [9.17, 15) is 10.1 Å². The van der Waals surface area contributed by atoms with Crippen LogP contribution in [0.2, 0.25) is 5.02 Å². The summed E-state index contributed by atoms with van der Waals surface area (Å²) >= 11 is 7.43. The molecule has 7 heteroatoms. The predicted octanol–water partition coefficient (Wildman–Crippen LogP) is 4.26. The number of hydrogen-bond donors (Lipinski definition) is 1. The van der Waals surface area contributed by atoms with Gasteiger partial charge in [-0.3, -0.25) is 4.79 Å². The number of aromatic amines is 1. The molecule has 0 radical (unpaired) electrons. The molecule has 26 heavy (non-hydrogen) atoms. The number of benzene rings is 2. The molecule has 0 bridgehead atoms. The van der Waals surface area contributed by atoms with Crippen LogP contribution >= 0.6 is 23.4 Å². The highest BCUT2D eigenvalue weighted by atomic mass is 35.5. The van der Waals surface area contributed by atoms with Gasteiger partial charge in [0.1, 0.15) is 24.0 Å². The molecule has 0 fully saturated rings. The second kappa shape index (κ2) is 8.09. The van der Waals surface area contributed by atoms with Gasteiger partial charge in [-0.15, -0.1) is 0 Å². The summed E-state index contributed by atoms with van der Waals surface area (Å²) in [5.74, 6) is 0.655. The second-order valence-electron chi connectivity index (χ2n) is 5.32. The standard InChI is InChI=1S/C19H14ClN3O2S/c1-26-19-22-17(15(10-21)18(24)23-19)12-6-8-14(9-7-12)25-11-13-4-2-3-5-16(13)20/h2-9H,11H2,1H3,(H,22,23,24). The van der Waals surface area contributed by atoms with E-state index in [0.717, 1.165) is 5.56 Å². The average molecular weight is 384 g/mol. The summed E-state index contributed by atoms with van der Waals surface area (Å²) in [6.45, 7) is 0.350. The molecular formula is C19H14ClN3O2S. The zero-order chi connectivity index (χ0) is 18.5. The fraction of sp³-hybridized carbons (Fsp3) is 0.105. The Labute approximate surface area is 159 Å². The number of aromatic nitrogens is 2. The Bertz CT molecular complexity index is 1030. The lowest BCUT2D eigenvalue weighted by Crippen LogP contribution is -2.14. The van der Waals surface area contributed by atoms with Gasteiger partial charge in [-0.25, -0.2) is 4.98 Å². The first-order valence-corrected chi connectivity index (χ1v) is 9.27. The molecule has 0 spiro atoms. The molecule has 1 aromatic heterocycles. The van der Waals surface area contributed by atoms with Gasteiger partial charge >= 0.3 is 0 Å². The normalized spacial score (nSPS) is 10.3. The van der Waals surface area contributed by atoms with Crippen LogP contribution in [0.15, 0.2) is 58.5 Å². The van der Waals surface area contributed by atoms with Crippen LogP contribution in [0.25, 0.3) is 11.3 Å². The maximum absolute atomic E-state index is 12.0. The van der Waals surface area contributed by atoms with Gasteiger partial charge in [-0.1, -0.05) is 41.6 Å². The van der Waals surface area contributed by atoms with Crippen molar-refractivity contribution < 1.29 is 4.74 Å².